The van der Waals surface area contributed by atoms with Crippen LogP contribution in [-0.2, 0) is 4.74 Å². The second-order valence-corrected chi connectivity index (χ2v) is 6.08. The molecule has 0 aromatic heterocycles. The molecule has 3 heteroatoms. The highest BCUT2D eigenvalue weighted by atomic mass is 16.5. The van der Waals surface area contributed by atoms with Crippen LogP contribution in [0.3, 0.4) is 0 Å². The molecule has 1 atom stereocenters. The third-order valence-corrected chi connectivity index (χ3v) is 4.47. The van der Waals surface area contributed by atoms with Gasteiger partial charge >= 0.3 is 0 Å². The number of benzene rings is 2. The molecule has 0 radical (unpaired) electrons. The monoisotopic (exact) mass is 279 g/mol. The second kappa shape index (κ2) is 4.18. The number of carbonyl (C=O) groups excluding carboxylic acids is 1. The fourth-order valence-corrected chi connectivity index (χ4v) is 3.48. The van der Waals surface area contributed by atoms with Gasteiger partial charge in [0.25, 0.3) is 5.91 Å². The van der Waals surface area contributed by atoms with Crippen molar-refractivity contribution in [3.05, 3.63) is 59.7 Å². The molecule has 0 spiro atoms. The van der Waals surface area contributed by atoms with Gasteiger partial charge in [0.1, 0.15) is 5.72 Å². The van der Waals surface area contributed by atoms with E-state index in [1.54, 1.807) is 0 Å². The van der Waals surface area contributed by atoms with E-state index in [2.05, 4.69) is 12.1 Å². The quantitative estimate of drug-likeness (QED) is 0.737. The van der Waals surface area contributed by atoms with Crippen molar-refractivity contribution in [1.29, 1.82) is 0 Å². The number of hydrogen-bond donors (Lipinski definition) is 0. The van der Waals surface area contributed by atoms with Crippen LogP contribution in [0.1, 0.15) is 35.8 Å². The number of rotatable bonds is 0. The van der Waals surface area contributed by atoms with Gasteiger partial charge in [-0.1, -0.05) is 42.5 Å². The Labute approximate surface area is 124 Å². The van der Waals surface area contributed by atoms with Crippen molar-refractivity contribution >= 4 is 5.91 Å². The van der Waals surface area contributed by atoms with Crippen LogP contribution >= 0.6 is 0 Å². The molecule has 1 fully saturated rings. The van der Waals surface area contributed by atoms with Crippen molar-refractivity contribution in [1.82, 2.24) is 4.90 Å². The predicted molar refractivity (Wildman–Crippen MR) is 80.8 cm³/mol. The standard InChI is InChI=1S/C18H17NO2/c1-18(2)19-16(11-21-18)14-9-5-3-7-12(14)13-8-4-6-10-15(13)17(19)20/h3-10,16H,11H2,1-2H3. The van der Waals surface area contributed by atoms with Gasteiger partial charge in [-0.25, -0.2) is 0 Å². The topological polar surface area (TPSA) is 29.5 Å². The number of fused-ring (bicyclic) bond motifs is 5. The van der Waals surface area contributed by atoms with E-state index in [0.717, 1.165) is 16.7 Å². The van der Waals surface area contributed by atoms with E-state index < -0.39 is 5.72 Å². The van der Waals surface area contributed by atoms with Crippen LogP contribution in [0, 0.1) is 0 Å². The van der Waals surface area contributed by atoms with Gasteiger partial charge in [0.15, 0.2) is 0 Å². The van der Waals surface area contributed by atoms with Crippen molar-refractivity contribution in [2.45, 2.75) is 25.6 Å². The zero-order valence-corrected chi connectivity index (χ0v) is 12.2. The predicted octanol–water partition coefficient (Wildman–Crippen LogP) is 3.62. The van der Waals surface area contributed by atoms with Crippen molar-refractivity contribution in [2.24, 2.45) is 0 Å². The molecule has 1 unspecified atom stereocenters. The van der Waals surface area contributed by atoms with E-state index in [9.17, 15) is 4.79 Å². The maximum absolute atomic E-state index is 13.0. The minimum atomic E-state index is -0.577. The Morgan fingerprint density at radius 2 is 1.62 bits per heavy atom. The van der Waals surface area contributed by atoms with Gasteiger partial charge < -0.3 is 9.64 Å². The highest BCUT2D eigenvalue weighted by Gasteiger charge is 2.47. The molecule has 2 aliphatic rings. The molecule has 2 aliphatic heterocycles. The van der Waals surface area contributed by atoms with Crippen LogP contribution in [-0.4, -0.2) is 23.1 Å². The summed E-state index contributed by atoms with van der Waals surface area (Å²) in [5.74, 6) is 0.0503. The molecule has 106 valence electrons. The Bertz CT molecular complexity index is 736. The molecule has 3 nitrogen and oxygen atoms in total. The molecule has 0 bridgehead atoms. The minimum absolute atomic E-state index is 0.0175. The summed E-state index contributed by atoms with van der Waals surface area (Å²) in [6.07, 6.45) is 0. The lowest BCUT2D eigenvalue weighted by Gasteiger charge is -2.33. The maximum atomic E-state index is 13.0. The van der Waals surface area contributed by atoms with Gasteiger partial charge in [0.2, 0.25) is 0 Å². The van der Waals surface area contributed by atoms with E-state index in [-0.39, 0.29) is 11.9 Å². The molecule has 1 amide bonds. The van der Waals surface area contributed by atoms with Gasteiger partial charge in [-0.05, 0) is 36.6 Å². The average Bonchev–Trinajstić information content (AvgIpc) is 2.76. The molecule has 21 heavy (non-hydrogen) atoms. The molecular formula is C18H17NO2. The number of amides is 1. The number of hydrogen-bond acceptors (Lipinski definition) is 2. The highest BCUT2D eigenvalue weighted by Crippen LogP contribution is 2.45. The summed E-state index contributed by atoms with van der Waals surface area (Å²) in [6.45, 7) is 4.46. The summed E-state index contributed by atoms with van der Waals surface area (Å²) in [5, 5.41) is 0. The van der Waals surface area contributed by atoms with E-state index in [1.165, 1.54) is 5.56 Å². The number of carbonyl (C=O) groups is 1. The average molecular weight is 279 g/mol. The lowest BCUT2D eigenvalue weighted by Crippen LogP contribution is -2.44. The SMILES string of the molecule is CC1(C)OCC2c3ccccc3-c3ccccc3C(=O)N21. The Morgan fingerprint density at radius 3 is 2.38 bits per heavy atom. The summed E-state index contributed by atoms with van der Waals surface area (Å²) >= 11 is 0. The summed E-state index contributed by atoms with van der Waals surface area (Å²) in [7, 11) is 0. The Balaban J connectivity index is 2.05. The summed E-state index contributed by atoms with van der Waals surface area (Å²) in [4.78, 5) is 14.9. The van der Waals surface area contributed by atoms with Crippen LogP contribution < -0.4 is 0 Å². The van der Waals surface area contributed by atoms with Crippen molar-refractivity contribution in [2.75, 3.05) is 6.61 Å². The molecule has 2 heterocycles. The Kier molecular flexibility index (Phi) is 2.51. The molecule has 2 aromatic rings. The van der Waals surface area contributed by atoms with Crippen molar-refractivity contribution in [3.63, 3.8) is 0 Å². The zero-order valence-electron chi connectivity index (χ0n) is 12.2. The van der Waals surface area contributed by atoms with Gasteiger partial charge in [0, 0.05) is 5.56 Å². The molecule has 0 aliphatic carbocycles. The van der Waals surface area contributed by atoms with Gasteiger partial charge in [-0.2, -0.15) is 0 Å². The van der Waals surface area contributed by atoms with E-state index >= 15 is 0 Å². The first kappa shape index (κ1) is 12.6. The molecule has 0 N–H and O–H groups in total. The first-order chi connectivity index (χ1) is 10.1. The van der Waals surface area contributed by atoms with Crippen molar-refractivity contribution in [3.8, 4) is 11.1 Å². The molecular weight excluding hydrogens is 262 g/mol. The third-order valence-electron chi connectivity index (χ3n) is 4.47. The highest BCUT2D eigenvalue weighted by molar-refractivity contribution is 6.03. The molecule has 0 saturated carbocycles. The van der Waals surface area contributed by atoms with Crippen LogP contribution in [0.25, 0.3) is 11.1 Å². The zero-order chi connectivity index (χ0) is 14.6. The second-order valence-electron chi connectivity index (χ2n) is 6.08. The Hall–Kier alpha value is -2.13. The van der Waals surface area contributed by atoms with Crippen LogP contribution in [0.2, 0.25) is 0 Å². The fourth-order valence-electron chi connectivity index (χ4n) is 3.48. The van der Waals surface area contributed by atoms with Crippen LogP contribution in [0.15, 0.2) is 48.5 Å². The molecule has 4 rings (SSSR count). The van der Waals surface area contributed by atoms with Gasteiger partial charge in [-0.3, -0.25) is 4.79 Å². The van der Waals surface area contributed by atoms with E-state index in [0.29, 0.717) is 6.61 Å². The third kappa shape index (κ3) is 1.67. The van der Waals surface area contributed by atoms with Gasteiger partial charge in [0.05, 0.1) is 12.6 Å². The lowest BCUT2D eigenvalue weighted by molar-refractivity contribution is -0.0401. The lowest BCUT2D eigenvalue weighted by atomic mass is 9.94. The normalized spacial score (nSPS) is 22.3. The van der Waals surface area contributed by atoms with Gasteiger partial charge in [-0.15, -0.1) is 0 Å². The first-order valence-corrected chi connectivity index (χ1v) is 7.25. The number of ether oxygens (including phenoxy) is 1. The summed E-state index contributed by atoms with van der Waals surface area (Å²) in [6, 6.07) is 16.1. The summed E-state index contributed by atoms with van der Waals surface area (Å²) in [5.41, 5.74) is 3.50. The smallest absolute Gasteiger partial charge is 0.257 e. The maximum Gasteiger partial charge on any atom is 0.257 e. The molecule has 2 aromatic carbocycles. The Morgan fingerprint density at radius 1 is 1.00 bits per heavy atom. The minimum Gasteiger partial charge on any atom is -0.354 e. The van der Waals surface area contributed by atoms with E-state index in [4.69, 9.17) is 4.74 Å². The largest absolute Gasteiger partial charge is 0.354 e. The van der Waals surface area contributed by atoms with Crippen LogP contribution in [0.4, 0.5) is 0 Å². The summed E-state index contributed by atoms with van der Waals surface area (Å²) < 4.78 is 5.89. The van der Waals surface area contributed by atoms with Crippen LogP contribution in [0.5, 0.6) is 0 Å². The molecule has 1 saturated heterocycles. The fraction of sp³-hybridized carbons (Fsp3) is 0.278. The number of nitrogens with zero attached hydrogens (tertiary/aromatic N) is 1. The van der Waals surface area contributed by atoms with Crippen molar-refractivity contribution < 1.29 is 9.53 Å². The van der Waals surface area contributed by atoms with E-state index in [1.807, 2.05) is 55.1 Å². The first-order valence-electron chi connectivity index (χ1n) is 7.25.